The van der Waals surface area contributed by atoms with Gasteiger partial charge in [0.05, 0.1) is 31.5 Å². The van der Waals surface area contributed by atoms with Crippen LogP contribution in [-0.4, -0.2) is 198 Å². The number of aliphatic hydroxyl groups is 2. The number of carbonyl (C=O) groups is 12. The molecule has 9 amide bonds. The standard InChI is InChI=1S/C40H64N12O17S2/c1-18(41)32(60)51-27(16-53)38(66)50-26(14-28(42)55)37(65)46-21(5-7-29(56)57)33(61)49-25(13-20-15-43-17-44-20)36(64)47-23(9-11-70-3)34(62)45-22(6-8-30(58)59)35(63)52-31(19(2)54)39(67)48-24(40(68)69)10-12-71-4/h15,17-19,21-27,31,53-54H,5-14,16,41H2,1-4H3,(H2,42,55)(H,43,44)(H,45,62)(H,46,65)(H,47,64)(H,48,67)(H,49,61)(H,50,66)(H,51,60)(H,52,63)(H,56,57)(H,58,59)(H,68,69)/t18-,19+,21-,22-,23-,24-,25-,26-,27-,31-/m0/s1. The number of nitrogens with two attached hydrogens (primary N) is 2. The van der Waals surface area contributed by atoms with Crippen molar-refractivity contribution >= 4 is 94.6 Å². The van der Waals surface area contributed by atoms with Gasteiger partial charge < -0.3 is 84.5 Å². The monoisotopic (exact) mass is 1050 g/mol. The van der Waals surface area contributed by atoms with E-state index in [0.717, 1.165) is 6.92 Å². The van der Waals surface area contributed by atoms with Crippen LogP contribution in [-0.2, 0) is 64.0 Å². The minimum absolute atomic E-state index is 0.00981. The molecule has 1 aromatic rings. The summed E-state index contributed by atoms with van der Waals surface area (Å²) in [6, 6.07) is -14.6. The highest BCUT2D eigenvalue weighted by Gasteiger charge is 2.36. The SMILES string of the molecule is CSCC[C@H](NC(=O)[C@@H](NC(=O)[C@H](CCC(=O)O)NC(=O)[C@H](CCSC)NC(=O)[C@H](Cc1cnc[nH]1)NC(=O)[C@H](CCC(=O)O)NC(=O)[C@H](CC(N)=O)NC(=O)[C@H](CO)NC(=O)[C@H](C)N)[C@@H](C)O)C(=O)O. The number of hydrogen-bond acceptors (Lipinski definition) is 18. The van der Waals surface area contributed by atoms with E-state index in [-0.39, 0.29) is 30.7 Å². The maximum atomic E-state index is 14.1. The van der Waals surface area contributed by atoms with Crippen molar-refractivity contribution in [2.45, 2.75) is 126 Å². The van der Waals surface area contributed by atoms with Crippen LogP contribution in [0.3, 0.4) is 0 Å². The summed E-state index contributed by atoms with van der Waals surface area (Å²) in [5.74, 6) is -13.7. The van der Waals surface area contributed by atoms with Gasteiger partial charge in [0.15, 0.2) is 0 Å². The number of carboxylic acids is 3. The predicted molar refractivity (Wildman–Crippen MR) is 251 cm³/mol. The normalized spacial score (nSPS) is 15.2. The number of hydrogen-bond donors (Lipinski definition) is 16. The largest absolute Gasteiger partial charge is 0.481 e. The minimum Gasteiger partial charge on any atom is -0.481 e. The lowest BCUT2D eigenvalue weighted by atomic mass is 10.0. The van der Waals surface area contributed by atoms with Gasteiger partial charge in [-0.3, -0.25) is 52.7 Å². The third kappa shape index (κ3) is 23.7. The number of nitrogens with one attached hydrogen (secondary N) is 9. The number of carbonyl (C=O) groups excluding carboxylic acids is 9. The molecule has 18 N–H and O–H groups in total. The summed E-state index contributed by atoms with van der Waals surface area (Å²) in [6.07, 6.45) is 0.161. The van der Waals surface area contributed by atoms with Crippen molar-refractivity contribution in [3.63, 3.8) is 0 Å². The van der Waals surface area contributed by atoms with E-state index >= 15 is 0 Å². The predicted octanol–water partition coefficient (Wildman–Crippen LogP) is -6.25. The van der Waals surface area contributed by atoms with Crippen LogP contribution in [0.5, 0.6) is 0 Å². The zero-order valence-electron chi connectivity index (χ0n) is 39.3. The number of primary amides is 1. The molecule has 1 aromatic heterocycles. The van der Waals surface area contributed by atoms with Crippen molar-refractivity contribution in [3.8, 4) is 0 Å². The molecule has 1 rings (SSSR count). The van der Waals surface area contributed by atoms with E-state index in [0.29, 0.717) is 5.75 Å². The van der Waals surface area contributed by atoms with Crippen LogP contribution in [0.15, 0.2) is 12.5 Å². The van der Waals surface area contributed by atoms with Gasteiger partial charge in [-0.1, -0.05) is 0 Å². The highest BCUT2D eigenvalue weighted by Crippen LogP contribution is 2.10. The first-order valence-corrected chi connectivity index (χ1v) is 24.5. The Morgan fingerprint density at radius 1 is 0.592 bits per heavy atom. The molecule has 0 radical (unpaired) electrons. The Morgan fingerprint density at radius 2 is 1.00 bits per heavy atom. The highest BCUT2D eigenvalue weighted by molar-refractivity contribution is 7.98. The van der Waals surface area contributed by atoms with Crippen molar-refractivity contribution in [1.82, 2.24) is 52.5 Å². The Labute approximate surface area is 415 Å². The Bertz CT molecular complexity index is 2010. The smallest absolute Gasteiger partial charge is 0.326 e. The van der Waals surface area contributed by atoms with Gasteiger partial charge in [0.1, 0.15) is 48.3 Å². The lowest BCUT2D eigenvalue weighted by Crippen LogP contribution is -2.61. The Morgan fingerprint density at radius 3 is 1.42 bits per heavy atom. The molecule has 71 heavy (non-hydrogen) atoms. The molecule has 29 nitrogen and oxygen atoms in total. The number of carboxylic acid groups (broad SMARTS) is 3. The Hall–Kier alpha value is -6.57. The molecular formula is C40H64N12O17S2. The van der Waals surface area contributed by atoms with Crippen molar-refractivity contribution in [2.24, 2.45) is 11.5 Å². The third-order valence-electron chi connectivity index (χ3n) is 9.97. The number of aliphatic carboxylic acids is 3. The number of H-pyrrole nitrogens is 1. The average Bonchev–Trinajstić information content (AvgIpc) is 3.81. The highest BCUT2D eigenvalue weighted by atomic mass is 32.2. The van der Waals surface area contributed by atoms with Gasteiger partial charge >= 0.3 is 17.9 Å². The second kappa shape index (κ2) is 32.3. The van der Waals surface area contributed by atoms with Crippen LogP contribution in [0.25, 0.3) is 0 Å². The van der Waals surface area contributed by atoms with E-state index < -0.39 is 170 Å². The molecule has 0 saturated carbocycles. The fraction of sp³-hybridized carbons (Fsp3) is 0.625. The van der Waals surface area contributed by atoms with Crippen LogP contribution in [0.2, 0.25) is 0 Å². The summed E-state index contributed by atoms with van der Waals surface area (Å²) in [5, 5.41) is 66.8. The van der Waals surface area contributed by atoms with Gasteiger partial charge in [0.25, 0.3) is 0 Å². The van der Waals surface area contributed by atoms with Gasteiger partial charge in [0, 0.05) is 31.2 Å². The summed E-state index contributed by atoms with van der Waals surface area (Å²) < 4.78 is 0. The molecule has 398 valence electrons. The fourth-order valence-electron chi connectivity index (χ4n) is 6.09. The van der Waals surface area contributed by atoms with Crippen molar-refractivity contribution < 1.29 is 83.1 Å². The van der Waals surface area contributed by atoms with Crippen LogP contribution in [0, 0.1) is 0 Å². The molecule has 10 atom stereocenters. The van der Waals surface area contributed by atoms with Crippen LogP contribution < -0.4 is 54.0 Å². The number of rotatable bonds is 35. The van der Waals surface area contributed by atoms with Crippen LogP contribution in [0.1, 0.15) is 64.5 Å². The van der Waals surface area contributed by atoms with E-state index in [2.05, 4.69) is 52.5 Å². The molecule has 0 aliphatic rings. The molecule has 0 saturated heterocycles. The van der Waals surface area contributed by atoms with Crippen molar-refractivity contribution in [2.75, 3.05) is 30.6 Å². The molecular weight excluding hydrogens is 985 g/mol. The van der Waals surface area contributed by atoms with E-state index in [9.17, 15) is 83.1 Å². The van der Waals surface area contributed by atoms with Crippen LogP contribution >= 0.6 is 23.5 Å². The first-order valence-electron chi connectivity index (χ1n) is 21.7. The van der Waals surface area contributed by atoms with Gasteiger partial charge in [0.2, 0.25) is 53.2 Å². The number of aromatic nitrogens is 2. The average molecular weight is 1050 g/mol. The summed E-state index contributed by atoms with van der Waals surface area (Å²) in [4.78, 5) is 161. The van der Waals surface area contributed by atoms with E-state index in [1.807, 2.05) is 0 Å². The first-order chi connectivity index (χ1) is 33.3. The zero-order chi connectivity index (χ0) is 54.0. The molecule has 0 aromatic carbocycles. The molecule has 0 fully saturated rings. The van der Waals surface area contributed by atoms with E-state index in [1.165, 1.54) is 43.0 Å². The quantitative estimate of drug-likeness (QED) is 0.0301. The maximum absolute atomic E-state index is 14.1. The number of aromatic amines is 1. The molecule has 0 bridgehead atoms. The first kappa shape index (κ1) is 62.4. The summed E-state index contributed by atoms with van der Waals surface area (Å²) >= 11 is 2.53. The fourth-order valence-corrected chi connectivity index (χ4v) is 7.03. The molecule has 0 aliphatic carbocycles. The number of imidazole rings is 1. The zero-order valence-corrected chi connectivity index (χ0v) is 40.9. The molecule has 0 aliphatic heterocycles. The lowest BCUT2D eigenvalue weighted by Gasteiger charge is -2.28. The molecule has 0 unspecified atom stereocenters. The van der Waals surface area contributed by atoms with Crippen molar-refractivity contribution in [3.05, 3.63) is 18.2 Å². The summed E-state index contributed by atoms with van der Waals surface area (Å²) in [7, 11) is 0. The lowest BCUT2D eigenvalue weighted by molar-refractivity contribution is -0.143. The second-order valence-electron chi connectivity index (χ2n) is 15.8. The van der Waals surface area contributed by atoms with E-state index in [1.54, 1.807) is 12.5 Å². The van der Waals surface area contributed by atoms with Gasteiger partial charge in [-0.25, -0.2) is 9.78 Å². The van der Waals surface area contributed by atoms with Gasteiger partial charge in [-0.2, -0.15) is 23.5 Å². The number of thioether (sulfide) groups is 2. The topological polar surface area (TPSA) is 483 Å². The number of nitrogens with zero attached hydrogens (tertiary/aromatic N) is 1. The number of amides is 9. The Balaban J connectivity index is 3.54. The van der Waals surface area contributed by atoms with Crippen LogP contribution in [0.4, 0.5) is 0 Å². The van der Waals surface area contributed by atoms with E-state index in [4.69, 9.17) is 11.5 Å². The van der Waals surface area contributed by atoms with Gasteiger partial charge in [-0.05, 0) is 63.5 Å². The maximum Gasteiger partial charge on any atom is 0.326 e. The van der Waals surface area contributed by atoms with Crippen molar-refractivity contribution in [1.29, 1.82) is 0 Å². The van der Waals surface area contributed by atoms with Gasteiger partial charge in [-0.15, -0.1) is 0 Å². The third-order valence-corrected chi connectivity index (χ3v) is 11.3. The molecule has 1 heterocycles. The second-order valence-corrected chi connectivity index (χ2v) is 17.8. The number of aliphatic hydroxyl groups excluding tert-OH is 2. The molecule has 31 heteroatoms. The molecule has 0 spiro atoms. The summed E-state index contributed by atoms with van der Waals surface area (Å²) in [5.41, 5.74) is 11.0. The Kier molecular flexibility index (Phi) is 28.4. The summed E-state index contributed by atoms with van der Waals surface area (Å²) in [6.45, 7) is 1.41. The minimum atomic E-state index is -1.86.